The van der Waals surface area contributed by atoms with E-state index in [4.69, 9.17) is 0 Å². The highest BCUT2D eigenvalue weighted by atomic mass is 16.6. The van der Waals surface area contributed by atoms with E-state index in [1.807, 2.05) is 6.92 Å². The summed E-state index contributed by atoms with van der Waals surface area (Å²) in [7, 11) is 0. The Morgan fingerprint density at radius 3 is 2.71 bits per heavy atom. The molecule has 0 radical (unpaired) electrons. The molecule has 21 heavy (non-hydrogen) atoms. The van der Waals surface area contributed by atoms with Gasteiger partial charge in [0.1, 0.15) is 6.33 Å². The Labute approximate surface area is 124 Å². The molecule has 8 nitrogen and oxygen atoms in total. The predicted octanol–water partition coefficient (Wildman–Crippen LogP) is 1.71. The zero-order valence-corrected chi connectivity index (χ0v) is 12.5. The van der Waals surface area contributed by atoms with E-state index >= 15 is 0 Å². The van der Waals surface area contributed by atoms with Gasteiger partial charge < -0.3 is 10.6 Å². The molecule has 1 aromatic rings. The third-order valence-corrected chi connectivity index (χ3v) is 3.76. The molecule has 2 heterocycles. The van der Waals surface area contributed by atoms with E-state index in [2.05, 4.69) is 32.4 Å². The van der Waals surface area contributed by atoms with Gasteiger partial charge in [0.05, 0.1) is 4.92 Å². The van der Waals surface area contributed by atoms with Gasteiger partial charge in [-0.1, -0.05) is 6.92 Å². The normalized spacial score (nSPS) is 18.7. The summed E-state index contributed by atoms with van der Waals surface area (Å²) in [6, 6.07) is 0.409. The van der Waals surface area contributed by atoms with Crippen molar-refractivity contribution in [3.63, 3.8) is 0 Å². The van der Waals surface area contributed by atoms with Gasteiger partial charge in [0, 0.05) is 19.1 Å². The summed E-state index contributed by atoms with van der Waals surface area (Å²) in [5.41, 5.74) is -0.0830. The number of hydrogen-bond acceptors (Lipinski definition) is 7. The predicted molar refractivity (Wildman–Crippen MR) is 81.6 cm³/mol. The lowest BCUT2D eigenvalue weighted by Crippen LogP contribution is -2.34. The summed E-state index contributed by atoms with van der Waals surface area (Å²) in [6.07, 6.45) is 3.63. The van der Waals surface area contributed by atoms with Gasteiger partial charge in [0.25, 0.3) is 0 Å². The van der Waals surface area contributed by atoms with Crippen LogP contribution >= 0.6 is 0 Å². The van der Waals surface area contributed by atoms with Crippen molar-refractivity contribution in [2.45, 2.75) is 32.7 Å². The fraction of sp³-hybridized carbons (Fsp3) is 0.692. The van der Waals surface area contributed by atoms with Gasteiger partial charge in [0.2, 0.25) is 11.6 Å². The maximum Gasteiger partial charge on any atom is 0.353 e. The van der Waals surface area contributed by atoms with Crippen molar-refractivity contribution in [1.82, 2.24) is 14.9 Å². The van der Waals surface area contributed by atoms with Gasteiger partial charge in [-0.2, -0.15) is 0 Å². The van der Waals surface area contributed by atoms with E-state index in [-0.39, 0.29) is 17.3 Å². The minimum Gasteiger partial charge on any atom is -0.364 e. The molecular weight excluding hydrogens is 272 g/mol. The largest absolute Gasteiger partial charge is 0.364 e. The van der Waals surface area contributed by atoms with Gasteiger partial charge in [0.15, 0.2) is 0 Å². The number of aromatic nitrogens is 2. The van der Waals surface area contributed by atoms with Gasteiger partial charge in [-0.3, -0.25) is 15.0 Å². The van der Waals surface area contributed by atoms with Gasteiger partial charge >= 0.3 is 5.69 Å². The number of nitrogens with one attached hydrogen (secondary N) is 2. The number of anilines is 2. The van der Waals surface area contributed by atoms with Crippen LogP contribution < -0.4 is 10.6 Å². The van der Waals surface area contributed by atoms with Gasteiger partial charge in [-0.05, 0) is 32.9 Å². The summed E-state index contributed by atoms with van der Waals surface area (Å²) in [4.78, 5) is 21.2. The molecule has 1 fully saturated rings. The van der Waals surface area contributed by atoms with E-state index in [0.29, 0.717) is 19.1 Å². The minimum absolute atomic E-state index is 0.0830. The van der Waals surface area contributed by atoms with Crippen molar-refractivity contribution in [3.8, 4) is 0 Å². The lowest BCUT2D eigenvalue weighted by atomic mass is 10.2. The van der Waals surface area contributed by atoms with Crippen molar-refractivity contribution in [2.24, 2.45) is 0 Å². The summed E-state index contributed by atoms with van der Waals surface area (Å²) in [5, 5.41) is 17.3. The number of rotatable bonds is 7. The Bertz CT molecular complexity index is 496. The molecule has 8 heteroatoms. The maximum atomic E-state index is 11.3. The van der Waals surface area contributed by atoms with Crippen molar-refractivity contribution in [3.05, 3.63) is 16.4 Å². The number of likely N-dealkylation sites (tertiary alicyclic amines) is 1. The standard InChI is InChI=1S/C13H22N6O2/c1-3-14-12-11(19(20)21)13(17-9-16-12)15-8-10-6-5-7-18(10)4-2/h9-10H,3-8H2,1-2H3,(H2,14,15,16,17). The van der Waals surface area contributed by atoms with Crippen LogP contribution in [0.25, 0.3) is 0 Å². The molecule has 116 valence electrons. The third-order valence-electron chi connectivity index (χ3n) is 3.76. The number of likely N-dealkylation sites (N-methyl/N-ethyl adjacent to an activating group) is 1. The second-order valence-electron chi connectivity index (χ2n) is 5.01. The molecule has 2 N–H and O–H groups in total. The molecule has 1 unspecified atom stereocenters. The molecule has 1 aromatic heterocycles. The highest BCUT2D eigenvalue weighted by Crippen LogP contribution is 2.29. The van der Waals surface area contributed by atoms with E-state index in [1.165, 1.54) is 12.7 Å². The first kappa shape index (κ1) is 15.4. The van der Waals surface area contributed by atoms with E-state index in [9.17, 15) is 10.1 Å². The molecule has 2 rings (SSSR count). The summed E-state index contributed by atoms with van der Waals surface area (Å²) >= 11 is 0. The molecule has 0 bridgehead atoms. The van der Waals surface area contributed by atoms with E-state index < -0.39 is 4.92 Å². The Morgan fingerprint density at radius 1 is 1.38 bits per heavy atom. The zero-order chi connectivity index (χ0) is 15.2. The summed E-state index contributed by atoms with van der Waals surface area (Å²) in [5.74, 6) is 0.549. The molecule has 1 aliphatic heterocycles. The highest BCUT2D eigenvalue weighted by Gasteiger charge is 2.26. The highest BCUT2D eigenvalue weighted by molar-refractivity contribution is 5.69. The summed E-state index contributed by atoms with van der Waals surface area (Å²) in [6.45, 7) is 7.34. The zero-order valence-electron chi connectivity index (χ0n) is 12.5. The average molecular weight is 294 g/mol. The first-order valence-electron chi connectivity index (χ1n) is 7.38. The van der Waals surface area contributed by atoms with Crippen LogP contribution in [-0.4, -0.2) is 52.0 Å². The molecular formula is C13H22N6O2. The van der Waals surface area contributed by atoms with Crippen molar-refractivity contribution in [1.29, 1.82) is 0 Å². The number of nitrogens with zero attached hydrogens (tertiary/aromatic N) is 4. The molecule has 0 aromatic carbocycles. The van der Waals surface area contributed by atoms with E-state index in [1.54, 1.807) is 0 Å². The average Bonchev–Trinajstić information content (AvgIpc) is 2.92. The SMILES string of the molecule is CCNc1ncnc(NCC2CCCN2CC)c1[N+](=O)[O-]. The fourth-order valence-electron chi connectivity index (χ4n) is 2.74. The van der Waals surface area contributed by atoms with Crippen molar-refractivity contribution in [2.75, 3.05) is 36.8 Å². The minimum atomic E-state index is -0.438. The molecule has 0 amide bonds. The second-order valence-corrected chi connectivity index (χ2v) is 5.01. The monoisotopic (exact) mass is 294 g/mol. The maximum absolute atomic E-state index is 11.3. The van der Waals surface area contributed by atoms with Crippen LogP contribution in [0.5, 0.6) is 0 Å². The smallest absolute Gasteiger partial charge is 0.353 e. The molecule has 0 aliphatic carbocycles. The number of nitro groups is 1. The first-order chi connectivity index (χ1) is 10.2. The third kappa shape index (κ3) is 3.57. The second kappa shape index (κ2) is 7.16. The molecule has 1 aliphatic rings. The van der Waals surface area contributed by atoms with Gasteiger partial charge in [-0.25, -0.2) is 9.97 Å². The molecule has 0 saturated carbocycles. The van der Waals surface area contributed by atoms with Crippen LogP contribution in [0.2, 0.25) is 0 Å². The topological polar surface area (TPSA) is 96.2 Å². The lowest BCUT2D eigenvalue weighted by Gasteiger charge is -2.23. The van der Waals surface area contributed by atoms with Crippen LogP contribution in [0.3, 0.4) is 0 Å². The van der Waals surface area contributed by atoms with Crippen LogP contribution in [0, 0.1) is 10.1 Å². The quantitative estimate of drug-likeness (QED) is 0.583. The molecule has 0 spiro atoms. The van der Waals surface area contributed by atoms with Crippen LogP contribution in [0.4, 0.5) is 17.3 Å². The molecule has 1 saturated heterocycles. The lowest BCUT2D eigenvalue weighted by molar-refractivity contribution is -0.383. The van der Waals surface area contributed by atoms with Crippen LogP contribution in [0.1, 0.15) is 26.7 Å². The first-order valence-corrected chi connectivity index (χ1v) is 7.38. The van der Waals surface area contributed by atoms with Crippen LogP contribution in [-0.2, 0) is 0 Å². The van der Waals surface area contributed by atoms with Gasteiger partial charge in [-0.15, -0.1) is 0 Å². The van der Waals surface area contributed by atoms with Crippen molar-refractivity contribution < 1.29 is 4.92 Å². The van der Waals surface area contributed by atoms with E-state index in [0.717, 1.165) is 19.5 Å². The Hall–Kier alpha value is -1.96. The molecule has 1 atom stereocenters. The Morgan fingerprint density at radius 2 is 2.10 bits per heavy atom. The van der Waals surface area contributed by atoms with Crippen LogP contribution in [0.15, 0.2) is 6.33 Å². The summed E-state index contributed by atoms with van der Waals surface area (Å²) < 4.78 is 0. The Kier molecular flexibility index (Phi) is 5.26. The number of hydrogen-bond donors (Lipinski definition) is 2. The fourth-order valence-corrected chi connectivity index (χ4v) is 2.74. The Balaban J connectivity index is 2.12. The van der Waals surface area contributed by atoms with Crippen molar-refractivity contribution >= 4 is 17.3 Å².